The summed E-state index contributed by atoms with van der Waals surface area (Å²) < 4.78 is 6.31. The Morgan fingerprint density at radius 3 is 2.67 bits per heavy atom. The highest BCUT2D eigenvalue weighted by atomic mass is 16.5. The molecular weight excluding hydrogens is 306 g/mol. The first-order valence-corrected chi connectivity index (χ1v) is 7.45. The van der Waals surface area contributed by atoms with Crippen molar-refractivity contribution in [3.8, 4) is 5.88 Å². The third-order valence-electron chi connectivity index (χ3n) is 4.30. The molecule has 1 aromatic heterocycles. The highest BCUT2D eigenvalue weighted by Crippen LogP contribution is 2.34. The van der Waals surface area contributed by atoms with Gasteiger partial charge in [0.2, 0.25) is 0 Å². The Bertz CT molecular complexity index is 916. The maximum atomic E-state index is 12.4. The van der Waals surface area contributed by atoms with E-state index in [1.807, 2.05) is 24.3 Å². The Morgan fingerprint density at radius 1 is 1.25 bits per heavy atom. The molecule has 1 N–H and O–H groups in total. The fraction of sp³-hybridized carbons (Fsp3) is 0.158. The van der Waals surface area contributed by atoms with Gasteiger partial charge in [-0.3, -0.25) is 4.79 Å². The van der Waals surface area contributed by atoms with Gasteiger partial charge >= 0.3 is 5.97 Å². The van der Waals surface area contributed by atoms with Gasteiger partial charge in [0, 0.05) is 18.3 Å². The van der Waals surface area contributed by atoms with Gasteiger partial charge in [-0.15, -0.1) is 0 Å². The lowest BCUT2D eigenvalue weighted by molar-refractivity contribution is -0.109. The summed E-state index contributed by atoms with van der Waals surface area (Å²) in [5.74, 6) is -0.812. The van der Waals surface area contributed by atoms with E-state index in [1.54, 1.807) is 26.1 Å². The first-order valence-electron chi connectivity index (χ1n) is 7.45. The quantitative estimate of drug-likeness (QED) is 0.681. The number of nitrogens with zero attached hydrogens (tertiary/aromatic N) is 1. The fourth-order valence-electron chi connectivity index (χ4n) is 2.88. The number of rotatable bonds is 2. The minimum atomic E-state index is -0.553. The number of carbonyl (C=O) groups is 2. The van der Waals surface area contributed by atoms with Gasteiger partial charge in [-0.25, -0.2) is 4.79 Å². The number of benzene rings is 1. The van der Waals surface area contributed by atoms with Gasteiger partial charge in [0.25, 0.3) is 0 Å². The van der Waals surface area contributed by atoms with E-state index in [4.69, 9.17) is 4.74 Å². The standard InChI is InChI=1S/C19H17NO4/c1-11-17(19(23)24-3)15(18(22)20(11)2)10-14-13-7-5-4-6-12(13)8-9-16(14)21/h4-10,22H,1-3H3. The van der Waals surface area contributed by atoms with Crippen molar-refractivity contribution in [2.45, 2.75) is 6.92 Å². The van der Waals surface area contributed by atoms with Crippen molar-refractivity contribution in [3.05, 3.63) is 58.3 Å². The molecule has 0 saturated carbocycles. The number of hydrogen-bond donors (Lipinski definition) is 1. The molecule has 1 aliphatic carbocycles. The predicted octanol–water partition coefficient (Wildman–Crippen LogP) is 2.96. The normalized spacial score (nSPS) is 14.8. The lowest BCUT2D eigenvalue weighted by atomic mass is 9.90. The van der Waals surface area contributed by atoms with Crippen LogP contribution < -0.4 is 0 Å². The molecule has 1 aromatic carbocycles. The lowest BCUT2D eigenvalue weighted by Crippen LogP contribution is -2.07. The number of ether oxygens (including phenoxy) is 1. The summed E-state index contributed by atoms with van der Waals surface area (Å²) >= 11 is 0. The first kappa shape index (κ1) is 15.8. The van der Waals surface area contributed by atoms with Gasteiger partial charge < -0.3 is 14.4 Å². The van der Waals surface area contributed by atoms with Gasteiger partial charge in [-0.05, 0) is 30.2 Å². The number of fused-ring (bicyclic) bond motifs is 1. The average Bonchev–Trinajstić information content (AvgIpc) is 2.80. The fourth-order valence-corrected chi connectivity index (χ4v) is 2.88. The molecule has 5 nitrogen and oxygen atoms in total. The zero-order valence-electron chi connectivity index (χ0n) is 13.7. The van der Waals surface area contributed by atoms with Crippen molar-refractivity contribution in [2.75, 3.05) is 7.11 Å². The Balaban J connectivity index is 2.26. The van der Waals surface area contributed by atoms with Gasteiger partial charge in [-0.2, -0.15) is 0 Å². The summed E-state index contributed by atoms with van der Waals surface area (Å²) in [7, 11) is 2.93. The van der Waals surface area contributed by atoms with Crippen molar-refractivity contribution in [2.24, 2.45) is 7.05 Å². The van der Waals surface area contributed by atoms with E-state index in [0.29, 0.717) is 11.3 Å². The predicted molar refractivity (Wildman–Crippen MR) is 91.5 cm³/mol. The topological polar surface area (TPSA) is 68.5 Å². The maximum Gasteiger partial charge on any atom is 0.340 e. The molecular formula is C19H17NO4. The molecule has 0 saturated heterocycles. The monoisotopic (exact) mass is 323 g/mol. The molecule has 0 fully saturated rings. The molecule has 0 atom stereocenters. The molecule has 0 spiro atoms. The van der Waals surface area contributed by atoms with Crippen LogP contribution in [0.15, 0.2) is 30.3 Å². The molecule has 24 heavy (non-hydrogen) atoms. The van der Waals surface area contributed by atoms with Crippen molar-refractivity contribution in [1.29, 1.82) is 0 Å². The van der Waals surface area contributed by atoms with E-state index in [2.05, 4.69) is 0 Å². The van der Waals surface area contributed by atoms with Crippen LogP contribution in [0.5, 0.6) is 5.88 Å². The molecule has 0 aliphatic heterocycles. The van der Waals surface area contributed by atoms with E-state index in [-0.39, 0.29) is 22.8 Å². The third kappa shape index (κ3) is 2.34. The third-order valence-corrected chi connectivity index (χ3v) is 4.30. The number of methoxy groups -OCH3 is 1. The zero-order chi connectivity index (χ0) is 17.4. The second-order valence-electron chi connectivity index (χ2n) is 5.59. The lowest BCUT2D eigenvalue weighted by Gasteiger charge is -2.13. The molecule has 122 valence electrons. The van der Waals surface area contributed by atoms with Gasteiger partial charge in [0.1, 0.15) is 0 Å². The Labute approximate surface area is 139 Å². The van der Waals surface area contributed by atoms with Crippen LogP contribution >= 0.6 is 0 Å². The molecule has 3 rings (SSSR count). The maximum absolute atomic E-state index is 12.4. The molecule has 1 aliphatic rings. The average molecular weight is 323 g/mol. The highest BCUT2D eigenvalue weighted by molar-refractivity contribution is 6.33. The molecule has 5 heteroatoms. The second kappa shape index (κ2) is 5.85. The van der Waals surface area contributed by atoms with Crippen LogP contribution in [-0.4, -0.2) is 28.5 Å². The van der Waals surface area contributed by atoms with Crippen LogP contribution in [0.4, 0.5) is 0 Å². The van der Waals surface area contributed by atoms with E-state index < -0.39 is 5.97 Å². The van der Waals surface area contributed by atoms with Gasteiger partial charge in [-0.1, -0.05) is 30.3 Å². The molecule has 0 radical (unpaired) electrons. The summed E-state index contributed by atoms with van der Waals surface area (Å²) in [5, 5.41) is 10.4. The van der Waals surface area contributed by atoms with Crippen molar-refractivity contribution >= 4 is 29.5 Å². The first-order chi connectivity index (χ1) is 11.5. The molecule has 2 aromatic rings. The molecule has 1 heterocycles. The zero-order valence-corrected chi connectivity index (χ0v) is 13.7. The van der Waals surface area contributed by atoms with Crippen LogP contribution in [-0.2, 0) is 16.6 Å². The Hall–Kier alpha value is -3.08. The van der Waals surface area contributed by atoms with Gasteiger partial charge in [0.15, 0.2) is 11.7 Å². The highest BCUT2D eigenvalue weighted by Gasteiger charge is 2.25. The second-order valence-corrected chi connectivity index (χ2v) is 5.59. The van der Waals surface area contributed by atoms with Crippen LogP contribution in [0.2, 0.25) is 0 Å². The number of aromatic nitrogens is 1. The summed E-state index contributed by atoms with van der Waals surface area (Å²) in [6.07, 6.45) is 4.80. The molecule has 0 amide bonds. The van der Waals surface area contributed by atoms with Crippen LogP contribution in [0.1, 0.15) is 32.7 Å². The number of aromatic hydroxyl groups is 1. The van der Waals surface area contributed by atoms with Gasteiger partial charge in [0.05, 0.1) is 18.2 Å². The van der Waals surface area contributed by atoms with E-state index in [9.17, 15) is 14.7 Å². The summed E-state index contributed by atoms with van der Waals surface area (Å²) in [4.78, 5) is 24.5. The van der Waals surface area contributed by atoms with Crippen molar-refractivity contribution in [3.63, 3.8) is 0 Å². The molecule has 0 unspecified atom stereocenters. The largest absolute Gasteiger partial charge is 0.494 e. The van der Waals surface area contributed by atoms with E-state index in [1.165, 1.54) is 17.8 Å². The van der Waals surface area contributed by atoms with Crippen LogP contribution in [0.3, 0.4) is 0 Å². The minimum absolute atomic E-state index is 0.0831. The molecule has 0 bridgehead atoms. The number of ketones is 1. The number of esters is 1. The van der Waals surface area contributed by atoms with Crippen molar-refractivity contribution in [1.82, 2.24) is 4.57 Å². The Morgan fingerprint density at radius 2 is 1.96 bits per heavy atom. The SMILES string of the molecule is COC(=O)c1c(C=C2C(=O)C=Cc3ccccc32)c(O)n(C)c1C. The number of hydrogen-bond acceptors (Lipinski definition) is 4. The van der Waals surface area contributed by atoms with Crippen molar-refractivity contribution < 1.29 is 19.4 Å². The summed E-state index contributed by atoms with van der Waals surface area (Å²) in [6.45, 7) is 1.71. The minimum Gasteiger partial charge on any atom is -0.494 e. The summed E-state index contributed by atoms with van der Waals surface area (Å²) in [6, 6.07) is 7.48. The van der Waals surface area contributed by atoms with E-state index >= 15 is 0 Å². The number of allylic oxidation sites excluding steroid dienone is 2. The Kier molecular flexibility index (Phi) is 3.85. The van der Waals surface area contributed by atoms with Crippen LogP contribution in [0.25, 0.3) is 17.7 Å². The van der Waals surface area contributed by atoms with Crippen LogP contribution in [0, 0.1) is 6.92 Å². The number of carbonyl (C=O) groups excluding carboxylic acids is 2. The smallest absolute Gasteiger partial charge is 0.340 e. The summed E-state index contributed by atoms with van der Waals surface area (Å²) in [5.41, 5.74) is 3.22. The van der Waals surface area contributed by atoms with E-state index in [0.717, 1.165) is 11.1 Å².